The molecule has 0 fully saturated rings. The van der Waals surface area contributed by atoms with Crippen LogP contribution in [-0.4, -0.2) is 15.0 Å². The quantitative estimate of drug-likeness (QED) is 0.822. The number of hydrogen-bond donors (Lipinski definition) is 1. The Balaban J connectivity index is 2.82. The topological polar surface area (TPSA) is 46.2 Å². The smallest absolute Gasteiger partial charge is 0.211 e. The van der Waals surface area contributed by atoms with Gasteiger partial charge in [0.25, 0.3) is 0 Å². The molecule has 1 rings (SSSR count). The first-order valence-corrected chi connectivity index (χ1v) is 7.54. The van der Waals surface area contributed by atoms with Crippen LogP contribution in [0.3, 0.4) is 0 Å². The van der Waals surface area contributed by atoms with Gasteiger partial charge in [-0.25, -0.2) is 13.1 Å². The van der Waals surface area contributed by atoms with E-state index in [1.165, 1.54) is 0 Å². The zero-order valence-corrected chi connectivity index (χ0v) is 11.6. The van der Waals surface area contributed by atoms with Crippen LogP contribution in [0.1, 0.15) is 19.4 Å². The first kappa shape index (κ1) is 13.6. The van der Waals surface area contributed by atoms with E-state index < -0.39 is 10.0 Å². The molecular weight excluding hydrogens is 241 g/mol. The van der Waals surface area contributed by atoms with Gasteiger partial charge < -0.3 is 0 Å². The van der Waals surface area contributed by atoms with Crippen LogP contribution in [0.25, 0.3) is 0 Å². The second-order valence-electron chi connectivity index (χ2n) is 4.09. The molecule has 16 heavy (non-hydrogen) atoms. The highest BCUT2D eigenvalue weighted by Crippen LogP contribution is 2.12. The number of nitrogens with one attached hydrogen (secondary N) is 1. The van der Waals surface area contributed by atoms with Gasteiger partial charge in [0.2, 0.25) is 10.0 Å². The van der Waals surface area contributed by atoms with Crippen molar-refractivity contribution in [2.24, 2.45) is 5.92 Å². The van der Waals surface area contributed by atoms with Crippen molar-refractivity contribution in [3.8, 4) is 0 Å². The first-order chi connectivity index (χ1) is 7.45. The second-order valence-corrected chi connectivity index (χ2v) is 6.27. The summed E-state index contributed by atoms with van der Waals surface area (Å²) in [7, 11) is -0.728. The van der Waals surface area contributed by atoms with Gasteiger partial charge >= 0.3 is 0 Å². The molecular formula is C11H18NO2PS. The zero-order chi connectivity index (χ0) is 12.2. The van der Waals surface area contributed by atoms with Gasteiger partial charge in [0.15, 0.2) is 0 Å². The van der Waals surface area contributed by atoms with Crippen LogP contribution in [-0.2, 0) is 16.2 Å². The molecule has 0 aliphatic rings. The molecule has 5 heteroatoms. The zero-order valence-electron chi connectivity index (χ0n) is 9.60. The van der Waals surface area contributed by atoms with E-state index in [0.29, 0.717) is 17.4 Å². The van der Waals surface area contributed by atoms with E-state index in [4.69, 9.17) is 0 Å². The van der Waals surface area contributed by atoms with Crippen LogP contribution in [0, 0.1) is 5.92 Å². The van der Waals surface area contributed by atoms with Crippen molar-refractivity contribution in [1.82, 2.24) is 4.72 Å². The van der Waals surface area contributed by atoms with Crippen LogP contribution in [0.2, 0.25) is 0 Å². The standard InChI is InChI=1S/C11H18NO2PS/c1-9(2)7-12-16(13,14)11-5-3-10(8-15)4-6-11/h3-6,9,12H,7-8,15H2,1-2H3. The fourth-order valence-electron chi connectivity index (χ4n) is 1.16. The highest BCUT2D eigenvalue weighted by atomic mass is 32.2. The lowest BCUT2D eigenvalue weighted by molar-refractivity contribution is 0.560. The molecule has 0 radical (unpaired) electrons. The van der Waals surface area contributed by atoms with Gasteiger partial charge in [-0.1, -0.05) is 26.0 Å². The number of hydrogen-bond acceptors (Lipinski definition) is 2. The summed E-state index contributed by atoms with van der Waals surface area (Å²) in [5.74, 6) is 0.307. The van der Waals surface area contributed by atoms with Gasteiger partial charge in [0.1, 0.15) is 0 Å². The SMILES string of the molecule is CC(C)CNS(=O)(=O)c1ccc(CP)cc1. The van der Waals surface area contributed by atoms with Crippen LogP contribution in [0.4, 0.5) is 0 Å². The average molecular weight is 259 g/mol. The van der Waals surface area contributed by atoms with E-state index in [0.717, 1.165) is 11.7 Å². The summed E-state index contributed by atoms with van der Waals surface area (Å²) in [5.41, 5.74) is 1.10. The number of sulfonamides is 1. The van der Waals surface area contributed by atoms with Crippen molar-refractivity contribution >= 4 is 19.3 Å². The van der Waals surface area contributed by atoms with Crippen LogP contribution < -0.4 is 4.72 Å². The van der Waals surface area contributed by atoms with E-state index in [2.05, 4.69) is 14.0 Å². The van der Waals surface area contributed by atoms with Crippen molar-refractivity contribution in [3.05, 3.63) is 29.8 Å². The predicted octanol–water partition coefficient (Wildman–Crippen LogP) is 2.00. The molecule has 0 saturated heterocycles. The minimum absolute atomic E-state index is 0.307. The molecule has 0 bridgehead atoms. The highest BCUT2D eigenvalue weighted by Gasteiger charge is 2.13. The molecule has 0 amide bonds. The predicted molar refractivity (Wildman–Crippen MR) is 69.9 cm³/mol. The molecule has 0 saturated carbocycles. The third-order valence-corrected chi connectivity index (χ3v) is 4.06. The fourth-order valence-corrected chi connectivity index (χ4v) is 2.65. The summed E-state index contributed by atoms with van der Waals surface area (Å²) in [5, 5.41) is 0. The minimum atomic E-state index is -3.34. The molecule has 1 aromatic carbocycles. The molecule has 90 valence electrons. The summed E-state index contributed by atoms with van der Waals surface area (Å²) < 4.78 is 26.2. The summed E-state index contributed by atoms with van der Waals surface area (Å²) >= 11 is 0. The molecule has 0 aliphatic carbocycles. The Bertz CT molecular complexity index is 426. The van der Waals surface area contributed by atoms with E-state index in [-0.39, 0.29) is 0 Å². The summed E-state index contributed by atoms with van der Waals surface area (Å²) in [6.07, 6.45) is 0.833. The van der Waals surface area contributed by atoms with Gasteiger partial charge in [0.05, 0.1) is 4.90 Å². The van der Waals surface area contributed by atoms with E-state index >= 15 is 0 Å². The molecule has 0 heterocycles. The highest BCUT2D eigenvalue weighted by molar-refractivity contribution is 7.89. The maximum atomic E-state index is 11.8. The number of benzene rings is 1. The Labute approximate surface area is 99.9 Å². The Morgan fingerprint density at radius 2 is 1.81 bits per heavy atom. The van der Waals surface area contributed by atoms with Crippen molar-refractivity contribution in [2.75, 3.05) is 6.54 Å². The van der Waals surface area contributed by atoms with Gasteiger partial charge in [-0.05, 0) is 29.8 Å². The summed E-state index contributed by atoms with van der Waals surface area (Å²) in [6.45, 7) is 4.41. The van der Waals surface area contributed by atoms with Crippen molar-refractivity contribution in [1.29, 1.82) is 0 Å². The molecule has 1 unspecified atom stereocenters. The molecule has 3 nitrogen and oxygen atoms in total. The van der Waals surface area contributed by atoms with Crippen molar-refractivity contribution in [3.63, 3.8) is 0 Å². The normalized spacial score (nSPS) is 12.0. The van der Waals surface area contributed by atoms with E-state index in [1.54, 1.807) is 12.1 Å². The second kappa shape index (κ2) is 5.76. The fraction of sp³-hybridized carbons (Fsp3) is 0.455. The van der Waals surface area contributed by atoms with Gasteiger partial charge in [-0.2, -0.15) is 0 Å². The molecule has 0 spiro atoms. The van der Waals surface area contributed by atoms with Crippen LogP contribution in [0.5, 0.6) is 0 Å². The van der Waals surface area contributed by atoms with E-state index in [9.17, 15) is 8.42 Å². The van der Waals surface area contributed by atoms with Crippen LogP contribution >= 0.6 is 9.24 Å². The lowest BCUT2D eigenvalue weighted by Crippen LogP contribution is -2.27. The molecule has 1 N–H and O–H groups in total. The minimum Gasteiger partial charge on any atom is -0.211 e. The van der Waals surface area contributed by atoms with Crippen molar-refractivity contribution in [2.45, 2.75) is 24.9 Å². The largest absolute Gasteiger partial charge is 0.240 e. The Kier molecular flexibility index (Phi) is 4.90. The average Bonchev–Trinajstić information content (AvgIpc) is 2.27. The van der Waals surface area contributed by atoms with E-state index in [1.807, 2.05) is 26.0 Å². The Morgan fingerprint density at radius 3 is 2.25 bits per heavy atom. The van der Waals surface area contributed by atoms with Gasteiger partial charge in [-0.15, -0.1) is 9.24 Å². The van der Waals surface area contributed by atoms with Gasteiger partial charge in [0, 0.05) is 6.54 Å². The third-order valence-electron chi connectivity index (χ3n) is 2.15. The van der Waals surface area contributed by atoms with Crippen molar-refractivity contribution < 1.29 is 8.42 Å². The monoisotopic (exact) mass is 259 g/mol. The Morgan fingerprint density at radius 1 is 1.25 bits per heavy atom. The molecule has 1 atom stereocenters. The number of rotatable bonds is 5. The third kappa shape index (κ3) is 3.85. The first-order valence-electron chi connectivity index (χ1n) is 5.24. The Hall–Kier alpha value is -0.440. The summed E-state index contributed by atoms with van der Waals surface area (Å²) in [6, 6.07) is 6.94. The molecule has 0 aromatic heterocycles. The van der Waals surface area contributed by atoms with Gasteiger partial charge in [-0.3, -0.25) is 0 Å². The summed E-state index contributed by atoms with van der Waals surface area (Å²) in [4.78, 5) is 0.329. The lowest BCUT2D eigenvalue weighted by atomic mass is 10.2. The molecule has 0 aliphatic heterocycles. The maximum absolute atomic E-state index is 11.8. The lowest BCUT2D eigenvalue weighted by Gasteiger charge is -2.09. The maximum Gasteiger partial charge on any atom is 0.240 e. The van der Waals surface area contributed by atoms with Crippen LogP contribution in [0.15, 0.2) is 29.2 Å². The molecule has 1 aromatic rings.